The van der Waals surface area contributed by atoms with Crippen molar-refractivity contribution in [1.29, 1.82) is 0 Å². The van der Waals surface area contributed by atoms with Crippen LogP contribution in [0.1, 0.15) is 6.92 Å². The Morgan fingerprint density at radius 1 is 1.18 bits per heavy atom. The van der Waals surface area contributed by atoms with Crippen LogP contribution in [-0.4, -0.2) is 87.2 Å². The molecule has 1 aromatic rings. The lowest BCUT2D eigenvalue weighted by molar-refractivity contribution is -0.124. The number of nitrogens with zero attached hydrogens (tertiary/aromatic N) is 4. The maximum atomic E-state index is 11.7. The van der Waals surface area contributed by atoms with Gasteiger partial charge in [0.15, 0.2) is 5.96 Å². The monoisotopic (exact) mass is 388 g/mol. The lowest BCUT2D eigenvalue weighted by Crippen LogP contribution is -2.52. The molecule has 0 unspecified atom stereocenters. The maximum Gasteiger partial charge on any atom is 0.324 e. The fraction of sp³-hybridized carbons (Fsp3) is 0.526. The molecule has 2 aliphatic heterocycles. The number of guanidine groups is 1. The number of amides is 3. The van der Waals surface area contributed by atoms with Gasteiger partial charge < -0.3 is 25.2 Å². The minimum Gasteiger partial charge on any atom is -0.497 e. The fourth-order valence-electron chi connectivity index (χ4n) is 3.33. The average Bonchev–Trinajstić information content (AvgIpc) is 3.05. The van der Waals surface area contributed by atoms with Gasteiger partial charge in [-0.2, -0.15) is 0 Å². The molecule has 28 heavy (non-hydrogen) atoms. The van der Waals surface area contributed by atoms with Crippen molar-refractivity contribution in [3.05, 3.63) is 24.3 Å². The van der Waals surface area contributed by atoms with E-state index in [0.717, 1.165) is 44.4 Å². The number of urea groups is 1. The van der Waals surface area contributed by atoms with Crippen molar-refractivity contribution in [1.82, 2.24) is 20.4 Å². The van der Waals surface area contributed by atoms with Crippen molar-refractivity contribution in [2.24, 2.45) is 4.99 Å². The van der Waals surface area contributed by atoms with Gasteiger partial charge in [-0.1, -0.05) is 0 Å². The fourth-order valence-corrected chi connectivity index (χ4v) is 3.33. The number of carbonyl (C=O) groups excluding carboxylic acids is 2. The lowest BCUT2D eigenvalue weighted by atomic mass is 10.2. The summed E-state index contributed by atoms with van der Waals surface area (Å²) < 4.78 is 5.22. The Hall–Kier alpha value is -2.97. The summed E-state index contributed by atoms with van der Waals surface area (Å²) in [5.74, 6) is 1.48. The van der Waals surface area contributed by atoms with Gasteiger partial charge >= 0.3 is 6.03 Å². The molecule has 0 aliphatic carbocycles. The lowest BCUT2D eigenvalue weighted by Gasteiger charge is -2.37. The number of carbonyl (C=O) groups is 2. The smallest absolute Gasteiger partial charge is 0.324 e. The average molecular weight is 388 g/mol. The maximum absolute atomic E-state index is 11.7. The van der Waals surface area contributed by atoms with E-state index in [0.29, 0.717) is 13.1 Å². The molecule has 3 rings (SSSR count). The number of rotatable bonds is 6. The van der Waals surface area contributed by atoms with Crippen LogP contribution in [0.25, 0.3) is 0 Å². The Labute approximate surface area is 165 Å². The first kappa shape index (κ1) is 19.8. The van der Waals surface area contributed by atoms with Crippen LogP contribution in [0.15, 0.2) is 29.3 Å². The Balaban J connectivity index is 1.54. The third-order valence-corrected chi connectivity index (χ3v) is 4.87. The molecule has 0 saturated carbocycles. The second-order valence-corrected chi connectivity index (χ2v) is 6.61. The minimum absolute atomic E-state index is 0.0793. The van der Waals surface area contributed by atoms with Crippen molar-refractivity contribution in [3.63, 3.8) is 0 Å². The predicted octanol–water partition coefficient (Wildman–Crippen LogP) is 0.335. The largest absolute Gasteiger partial charge is 0.497 e. The van der Waals surface area contributed by atoms with Gasteiger partial charge in [0.05, 0.1) is 26.7 Å². The molecular weight excluding hydrogens is 360 g/mol. The first-order valence-corrected chi connectivity index (χ1v) is 9.63. The zero-order chi connectivity index (χ0) is 19.9. The van der Waals surface area contributed by atoms with E-state index in [9.17, 15) is 9.59 Å². The molecule has 0 radical (unpaired) electrons. The number of benzene rings is 1. The molecule has 0 aromatic heterocycles. The van der Waals surface area contributed by atoms with Gasteiger partial charge in [0, 0.05) is 38.4 Å². The zero-order valence-electron chi connectivity index (χ0n) is 16.5. The van der Waals surface area contributed by atoms with Crippen LogP contribution >= 0.6 is 0 Å². The summed E-state index contributed by atoms with van der Waals surface area (Å²) in [4.78, 5) is 33.6. The van der Waals surface area contributed by atoms with E-state index in [4.69, 9.17) is 4.74 Å². The summed E-state index contributed by atoms with van der Waals surface area (Å²) in [5, 5.41) is 5.83. The number of ether oxygens (including phenoxy) is 1. The third-order valence-electron chi connectivity index (χ3n) is 4.87. The van der Waals surface area contributed by atoms with Crippen LogP contribution in [0.5, 0.6) is 5.75 Å². The predicted molar refractivity (Wildman–Crippen MR) is 108 cm³/mol. The van der Waals surface area contributed by atoms with Crippen molar-refractivity contribution in [2.75, 3.05) is 64.4 Å². The third kappa shape index (κ3) is 4.65. The van der Waals surface area contributed by atoms with E-state index in [1.165, 1.54) is 10.6 Å². The number of piperazine rings is 1. The van der Waals surface area contributed by atoms with Crippen LogP contribution in [0.4, 0.5) is 10.5 Å². The van der Waals surface area contributed by atoms with Gasteiger partial charge in [0.25, 0.3) is 0 Å². The Morgan fingerprint density at radius 2 is 1.89 bits per heavy atom. The quantitative estimate of drug-likeness (QED) is 0.415. The first-order valence-electron chi connectivity index (χ1n) is 9.63. The normalized spacial score (nSPS) is 17.8. The zero-order valence-corrected chi connectivity index (χ0v) is 16.5. The molecule has 2 fully saturated rings. The van der Waals surface area contributed by atoms with E-state index < -0.39 is 0 Å². The Morgan fingerprint density at radius 3 is 2.46 bits per heavy atom. The number of nitrogens with one attached hydrogen (secondary N) is 2. The minimum atomic E-state index is -0.335. The molecule has 9 nitrogen and oxygen atoms in total. The van der Waals surface area contributed by atoms with Crippen LogP contribution in [0.2, 0.25) is 0 Å². The van der Waals surface area contributed by atoms with Crippen LogP contribution < -0.4 is 20.3 Å². The van der Waals surface area contributed by atoms with Crippen molar-refractivity contribution < 1.29 is 14.3 Å². The molecular formula is C19H28N6O3. The molecule has 0 bridgehead atoms. The summed E-state index contributed by atoms with van der Waals surface area (Å²) in [5.41, 5.74) is 1.18. The van der Waals surface area contributed by atoms with E-state index in [1.54, 1.807) is 7.11 Å². The number of imide groups is 1. The molecule has 0 spiro atoms. The van der Waals surface area contributed by atoms with E-state index in [-0.39, 0.29) is 18.5 Å². The highest BCUT2D eigenvalue weighted by molar-refractivity contribution is 6.01. The van der Waals surface area contributed by atoms with Gasteiger partial charge in [-0.3, -0.25) is 14.7 Å². The summed E-state index contributed by atoms with van der Waals surface area (Å²) in [7, 11) is 1.67. The molecule has 2 N–H and O–H groups in total. The number of anilines is 1. The van der Waals surface area contributed by atoms with Gasteiger partial charge in [-0.25, -0.2) is 4.79 Å². The molecule has 9 heteroatoms. The van der Waals surface area contributed by atoms with E-state index in [2.05, 4.69) is 37.6 Å². The Kier molecular flexibility index (Phi) is 6.57. The number of methoxy groups -OCH3 is 1. The molecule has 152 valence electrons. The highest BCUT2D eigenvalue weighted by Gasteiger charge is 2.27. The van der Waals surface area contributed by atoms with Crippen molar-refractivity contribution in [2.45, 2.75) is 6.92 Å². The molecule has 2 aliphatic rings. The van der Waals surface area contributed by atoms with E-state index in [1.807, 2.05) is 19.1 Å². The molecule has 2 heterocycles. The first-order chi connectivity index (χ1) is 13.6. The van der Waals surface area contributed by atoms with Crippen LogP contribution in [0, 0.1) is 0 Å². The number of hydrogen-bond acceptors (Lipinski definition) is 5. The summed E-state index contributed by atoms with van der Waals surface area (Å²) >= 11 is 0. The van der Waals surface area contributed by atoms with E-state index >= 15 is 0 Å². The number of hydrogen-bond donors (Lipinski definition) is 2. The second kappa shape index (κ2) is 9.29. The highest BCUT2D eigenvalue weighted by atomic mass is 16.5. The van der Waals surface area contributed by atoms with Crippen molar-refractivity contribution in [3.8, 4) is 5.75 Å². The Bertz CT molecular complexity index is 697. The van der Waals surface area contributed by atoms with Gasteiger partial charge in [0.2, 0.25) is 5.91 Å². The SMILES string of the molecule is CCNC(=NCCN1C(=O)CNC1=O)N1CCN(c2ccc(OC)cc2)CC1. The second-order valence-electron chi connectivity index (χ2n) is 6.61. The molecule has 0 atom stereocenters. The highest BCUT2D eigenvalue weighted by Crippen LogP contribution is 2.20. The standard InChI is InChI=1S/C19H28N6O3/c1-3-20-18(21-8-9-25-17(26)14-22-19(25)27)24-12-10-23(11-13-24)15-4-6-16(28-2)7-5-15/h4-7H,3,8-14H2,1-2H3,(H,20,21)(H,22,27). The van der Waals surface area contributed by atoms with Gasteiger partial charge in [0.1, 0.15) is 5.75 Å². The summed E-state index contributed by atoms with van der Waals surface area (Å²) in [6.07, 6.45) is 0. The van der Waals surface area contributed by atoms with Gasteiger partial charge in [-0.15, -0.1) is 0 Å². The summed E-state index contributed by atoms with van der Waals surface area (Å²) in [6, 6.07) is 7.77. The van der Waals surface area contributed by atoms with Crippen LogP contribution in [0.3, 0.4) is 0 Å². The molecule has 2 saturated heterocycles. The molecule has 3 amide bonds. The van der Waals surface area contributed by atoms with Crippen LogP contribution in [-0.2, 0) is 4.79 Å². The summed E-state index contributed by atoms with van der Waals surface area (Å²) in [6.45, 7) is 7.04. The van der Waals surface area contributed by atoms with Gasteiger partial charge in [-0.05, 0) is 31.2 Å². The molecule has 1 aromatic carbocycles. The van der Waals surface area contributed by atoms with Crippen molar-refractivity contribution >= 4 is 23.6 Å². The topological polar surface area (TPSA) is 89.5 Å². The number of aliphatic imine (C=N–C) groups is 1.